The zero-order chi connectivity index (χ0) is 15.2. The van der Waals surface area contributed by atoms with Crippen molar-refractivity contribution < 1.29 is 9.53 Å². The van der Waals surface area contributed by atoms with Gasteiger partial charge in [0.15, 0.2) is 0 Å². The van der Waals surface area contributed by atoms with Crippen LogP contribution in [0.2, 0.25) is 0 Å². The SMILES string of the molecule is CCOC(C)C(=O)Nc1cccc(-c2nc(CCl)cs2)c1. The molecule has 1 unspecified atom stereocenters. The molecule has 0 fully saturated rings. The number of alkyl halides is 1. The molecule has 0 saturated carbocycles. The van der Waals surface area contributed by atoms with Crippen molar-refractivity contribution in [3.8, 4) is 10.6 Å². The fourth-order valence-electron chi connectivity index (χ4n) is 1.80. The van der Waals surface area contributed by atoms with Crippen molar-refractivity contribution in [3.05, 3.63) is 35.3 Å². The molecule has 21 heavy (non-hydrogen) atoms. The molecule has 1 aromatic carbocycles. The lowest BCUT2D eigenvalue weighted by atomic mass is 10.2. The van der Waals surface area contributed by atoms with Crippen molar-refractivity contribution in [1.82, 2.24) is 4.98 Å². The number of anilines is 1. The van der Waals surface area contributed by atoms with E-state index in [2.05, 4.69) is 10.3 Å². The molecule has 6 heteroatoms. The molecule has 4 nitrogen and oxygen atoms in total. The Bertz CT molecular complexity index is 615. The molecule has 112 valence electrons. The van der Waals surface area contributed by atoms with Crippen LogP contribution in [-0.2, 0) is 15.4 Å². The maximum Gasteiger partial charge on any atom is 0.253 e. The van der Waals surface area contributed by atoms with Gasteiger partial charge in [0.2, 0.25) is 0 Å². The fraction of sp³-hybridized carbons (Fsp3) is 0.333. The molecule has 1 N–H and O–H groups in total. The Morgan fingerprint density at radius 3 is 3.00 bits per heavy atom. The standard InChI is InChI=1S/C15H17ClN2O2S/c1-3-20-10(2)14(19)17-12-6-4-5-11(7-12)15-18-13(8-16)9-21-15/h4-7,9-10H,3,8H2,1-2H3,(H,17,19). The van der Waals surface area contributed by atoms with Crippen molar-refractivity contribution in [2.45, 2.75) is 25.8 Å². The molecular formula is C15H17ClN2O2S. The topological polar surface area (TPSA) is 51.2 Å². The summed E-state index contributed by atoms with van der Waals surface area (Å²) in [6.45, 7) is 4.10. The molecule has 0 saturated heterocycles. The average molecular weight is 325 g/mol. The molecule has 0 aliphatic carbocycles. The van der Waals surface area contributed by atoms with Gasteiger partial charge in [-0.05, 0) is 26.0 Å². The molecule has 0 spiro atoms. The van der Waals surface area contributed by atoms with Gasteiger partial charge in [0.1, 0.15) is 11.1 Å². The van der Waals surface area contributed by atoms with E-state index in [9.17, 15) is 4.79 Å². The second-order valence-electron chi connectivity index (χ2n) is 4.45. The number of carbonyl (C=O) groups excluding carboxylic acids is 1. The molecule has 0 bridgehead atoms. The summed E-state index contributed by atoms with van der Waals surface area (Å²) in [4.78, 5) is 16.4. The van der Waals surface area contributed by atoms with Crippen molar-refractivity contribution in [2.75, 3.05) is 11.9 Å². The Hall–Kier alpha value is -1.43. The number of nitrogens with zero attached hydrogens (tertiary/aromatic N) is 1. The first kappa shape index (κ1) is 15.9. The summed E-state index contributed by atoms with van der Waals surface area (Å²) in [7, 11) is 0. The molecule has 1 heterocycles. The number of nitrogens with one attached hydrogen (secondary N) is 1. The van der Waals surface area contributed by atoms with Gasteiger partial charge in [0.25, 0.3) is 5.91 Å². The second-order valence-corrected chi connectivity index (χ2v) is 5.57. The van der Waals surface area contributed by atoms with Gasteiger partial charge in [-0.3, -0.25) is 4.79 Å². The lowest BCUT2D eigenvalue weighted by Crippen LogP contribution is -2.27. The van der Waals surface area contributed by atoms with E-state index in [1.54, 1.807) is 6.92 Å². The molecule has 2 rings (SSSR count). The van der Waals surface area contributed by atoms with E-state index in [1.165, 1.54) is 11.3 Å². The number of thiazole rings is 1. The van der Waals surface area contributed by atoms with E-state index in [0.717, 1.165) is 22.0 Å². The van der Waals surface area contributed by atoms with Gasteiger partial charge >= 0.3 is 0 Å². The zero-order valence-electron chi connectivity index (χ0n) is 11.9. The Morgan fingerprint density at radius 2 is 2.33 bits per heavy atom. The fourth-order valence-corrected chi connectivity index (χ4v) is 2.85. The minimum absolute atomic E-state index is 0.158. The summed E-state index contributed by atoms with van der Waals surface area (Å²) in [5.41, 5.74) is 2.54. The number of benzene rings is 1. The van der Waals surface area contributed by atoms with E-state index >= 15 is 0 Å². The van der Waals surface area contributed by atoms with Crippen LogP contribution >= 0.6 is 22.9 Å². The molecule has 0 aliphatic rings. The summed E-state index contributed by atoms with van der Waals surface area (Å²) in [5, 5.41) is 5.67. The first-order valence-electron chi connectivity index (χ1n) is 6.67. The van der Waals surface area contributed by atoms with Crippen LogP contribution in [-0.4, -0.2) is 23.6 Å². The number of carbonyl (C=O) groups is 1. The summed E-state index contributed by atoms with van der Waals surface area (Å²) >= 11 is 7.30. The van der Waals surface area contributed by atoms with Crippen molar-refractivity contribution in [1.29, 1.82) is 0 Å². The monoisotopic (exact) mass is 324 g/mol. The van der Waals surface area contributed by atoms with Crippen LogP contribution in [0.25, 0.3) is 10.6 Å². The van der Waals surface area contributed by atoms with E-state index in [-0.39, 0.29) is 5.91 Å². The van der Waals surface area contributed by atoms with Crippen LogP contribution < -0.4 is 5.32 Å². The molecule has 0 radical (unpaired) electrons. The van der Waals surface area contributed by atoms with E-state index in [1.807, 2.05) is 36.6 Å². The number of aromatic nitrogens is 1. The predicted molar refractivity (Wildman–Crippen MR) is 86.8 cm³/mol. The highest BCUT2D eigenvalue weighted by Gasteiger charge is 2.13. The van der Waals surface area contributed by atoms with E-state index in [0.29, 0.717) is 12.5 Å². The molecule has 1 amide bonds. The van der Waals surface area contributed by atoms with Gasteiger partial charge in [0.05, 0.1) is 11.6 Å². The third-order valence-electron chi connectivity index (χ3n) is 2.85. The van der Waals surface area contributed by atoms with Crippen LogP contribution in [0.4, 0.5) is 5.69 Å². The van der Waals surface area contributed by atoms with Crippen molar-refractivity contribution in [3.63, 3.8) is 0 Å². The van der Waals surface area contributed by atoms with Crippen LogP contribution in [0.5, 0.6) is 0 Å². The number of halogens is 1. The van der Waals surface area contributed by atoms with Crippen LogP contribution in [0.3, 0.4) is 0 Å². The molecule has 1 atom stereocenters. The maximum atomic E-state index is 11.9. The third-order valence-corrected chi connectivity index (χ3v) is 4.07. The van der Waals surface area contributed by atoms with Crippen LogP contribution in [0.1, 0.15) is 19.5 Å². The second kappa shape index (κ2) is 7.54. The van der Waals surface area contributed by atoms with Crippen molar-refractivity contribution in [2.24, 2.45) is 0 Å². The normalized spacial score (nSPS) is 12.1. The van der Waals surface area contributed by atoms with Gasteiger partial charge in [-0.1, -0.05) is 12.1 Å². The number of ether oxygens (including phenoxy) is 1. The minimum atomic E-state index is -0.471. The quantitative estimate of drug-likeness (QED) is 0.819. The number of hydrogen-bond donors (Lipinski definition) is 1. The van der Waals surface area contributed by atoms with Crippen LogP contribution in [0, 0.1) is 0 Å². The van der Waals surface area contributed by atoms with Crippen LogP contribution in [0.15, 0.2) is 29.6 Å². The Labute approximate surface area is 133 Å². The summed E-state index contributed by atoms with van der Waals surface area (Å²) in [6, 6.07) is 7.58. The Kier molecular flexibility index (Phi) is 5.73. The highest BCUT2D eigenvalue weighted by atomic mass is 35.5. The smallest absolute Gasteiger partial charge is 0.253 e. The van der Waals surface area contributed by atoms with Gasteiger partial charge in [-0.25, -0.2) is 4.98 Å². The van der Waals surface area contributed by atoms with Gasteiger partial charge < -0.3 is 10.1 Å². The Balaban J connectivity index is 2.12. The van der Waals surface area contributed by atoms with Gasteiger partial charge in [-0.2, -0.15) is 0 Å². The first-order chi connectivity index (χ1) is 10.1. The highest BCUT2D eigenvalue weighted by Crippen LogP contribution is 2.26. The lowest BCUT2D eigenvalue weighted by molar-refractivity contribution is -0.126. The average Bonchev–Trinajstić information content (AvgIpc) is 2.96. The largest absolute Gasteiger partial charge is 0.369 e. The lowest BCUT2D eigenvalue weighted by Gasteiger charge is -2.12. The Morgan fingerprint density at radius 1 is 1.52 bits per heavy atom. The molecule has 0 aliphatic heterocycles. The summed E-state index contributed by atoms with van der Waals surface area (Å²) in [6.07, 6.45) is -0.471. The summed E-state index contributed by atoms with van der Waals surface area (Å²) < 4.78 is 5.27. The number of rotatable bonds is 6. The minimum Gasteiger partial charge on any atom is -0.369 e. The number of amides is 1. The van der Waals surface area contributed by atoms with Gasteiger partial charge in [-0.15, -0.1) is 22.9 Å². The third kappa shape index (κ3) is 4.27. The predicted octanol–water partition coefficient (Wildman–Crippen LogP) is 3.91. The molecule has 1 aromatic heterocycles. The van der Waals surface area contributed by atoms with E-state index in [4.69, 9.17) is 16.3 Å². The number of hydrogen-bond acceptors (Lipinski definition) is 4. The molecule has 2 aromatic rings. The maximum absolute atomic E-state index is 11.9. The van der Waals surface area contributed by atoms with E-state index < -0.39 is 6.10 Å². The highest BCUT2D eigenvalue weighted by molar-refractivity contribution is 7.13. The van der Waals surface area contributed by atoms with Gasteiger partial charge in [0, 0.05) is 23.2 Å². The molecular weight excluding hydrogens is 308 g/mol. The summed E-state index contributed by atoms with van der Waals surface area (Å²) in [5.74, 6) is 0.244. The zero-order valence-corrected chi connectivity index (χ0v) is 13.5. The first-order valence-corrected chi connectivity index (χ1v) is 8.08. The van der Waals surface area contributed by atoms with Crippen molar-refractivity contribution >= 4 is 34.5 Å².